The van der Waals surface area contributed by atoms with Gasteiger partial charge in [0.1, 0.15) is 0 Å². The number of nitrogens with zero attached hydrogens (tertiary/aromatic N) is 2. The minimum Gasteiger partial charge on any atom is -0.387 e. The molecule has 1 aromatic heterocycles. The van der Waals surface area contributed by atoms with E-state index in [1.54, 1.807) is 30.5 Å². The highest BCUT2D eigenvalue weighted by molar-refractivity contribution is 7.89. The molecule has 2 heterocycles. The zero-order chi connectivity index (χ0) is 19.6. The molecule has 2 atom stereocenters. The Morgan fingerprint density at radius 1 is 0.929 bits per heavy atom. The Labute approximate surface area is 165 Å². The molecular formula is C22H22N2O3S. The molecule has 0 spiro atoms. The third kappa shape index (κ3) is 3.58. The summed E-state index contributed by atoms with van der Waals surface area (Å²) in [6, 6.07) is 21.4. The topological polar surface area (TPSA) is 70.5 Å². The Hall–Kier alpha value is -2.54. The maximum absolute atomic E-state index is 13.4. The van der Waals surface area contributed by atoms with E-state index in [1.807, 2.05) is 48.5 Å². The number of aliphatic hydroxyl groups excluding tert-OH is 1. The second-order valence-electron chi connectivity index (χ2n) is 6.93. The third-order valence-electron chi connectivity index (χ3n) is 5.17. The summed E-state index contributed by atoms with van der Waals surface area (Å²) in [6.45, 7) is 0.301. The van der Waals surface area contributed by atoms with Gasteiger partial charge in [-0.1, -0.05) is 54.6 Å². The van der Waals surface area contributed by atoms with Gasteiger partial charge in [-0.05, 0) is 30.2 Å². The highest BCUT2D eigenvalue weighted by Crippen LogP contribution is 2.37. The van der Waals surface area contributed by atoms with Crippen LogP contribution in [-0.2, 0) is 22.9 Å². The van der Waals surface area contributed by atoms with Crippen LogP contribution >= 0.6 is 0 Å². The van der Waals surface area contributed by atoms with Crippen LogP contribution in [0.2, 0.25) is 0 Å². The Balaban J connectivity index is 1.71. The second kappa shape index (κ2) is 7.83. The molecule has 0 radical (unpaired) electrons. The van der Waals surface area contributed by atoms with E-state index < -0.39 is 22.2 Å². The number of hydrogen-bond donors (Lipinski definition) is 1. The van der Waals surface area contributed by atoms with Crippen LogP contribution in [-0.4, -0.2) is 35.4 Å². The SMILES string of the molecule is O=S1(=O)c2ccccc2C(O)C(Cc2ccccn2)N1CCc1ccccc1. The van der Waals surface area contributed by atoms with E-state index in [1.165, 1.54) is 4.31 Å². The molecule has 0 saturated carbocycles. The first-order chi connectivity index (χ1) is 13.6. The summed E-state index contributed by atoms with van der Waals surface area (Å²) in [4.78, 5) is 4.52. The highest BCUT2D eigenvalue weighted by atomic mass is 32.2. The molecule has 1 N–H and O–H groups in total. The number of rotatable bonds is 5. The van der Waals surface area contributed by atoms with E-state index in [2.05, 4.69) is 4.98 Å². The van der Waals surface area contributed by atoms with Crippen LogP contribution in [0.3, 0.4) is 0 Å². The molecule has 2 unspecified atom stereocenters. The fourth-order valence-corrected chi connectivity index (χ4v) is 5.61. The van der Waals surface area contributed by atoms with E-state index in [-0.39, 0.29) is 4.90 Å². The van der Waals surface area contributed by atoms with Crippen molar-refractivity contribution in [3.63, 3.8) is 0 Å². The van der Waals surface area contributed by atoms with Crippen LogP contribution in [0.25, 0.3) is 0 Å². The molecule has 0 amide bonds. The summed E-state index contributed by atoms with van der Waals surface area (Å²) < 4.78 is 28.2. The summed E-state index contributed by atoms with van der Waals surface area (Å²) in [6.07, 6.45) is 1.71. The fraction of sp³-hybridized carbons (Fsp3) is 0.227. The van der Waals surface area contributed by atoms with Gasteiger partial charge in [0, 0.05) is 30.4 Å². The van der Waals surface area contributed by atoms with Crippen LogP contribution in [0.4, 0.5) is 0 Å². The van der Waals surface area contributed by atoms with Gasteiger partial charge in [-0.15, -0.1) is 0 Å². The maximum Gasteiger partial charge on any atom is 0.243 e. The summed E-state index contributed by atoms with van der Waals surface area (Å²) in [5, 5.41) is 11.0. The fourth-order valence-electron chi connectivity index (χ4n) is 3.75. The summed E-state index contributed by atoms with van der Waals surface area (Å²) in [5.41, 5.74) is 2.27. The van der Waals surface area contributed by atoms with E-state index in [4.69, 9.17) is 0 Å². The average Bonchev–Trinajstić information content (AvgIpc) is 2.73. The van der Waals surface area contributed by atoms with Crippen LogP contribution in [0.1, 0.15) is 22.9 Å². The Morgan fingerprint density at radius 2 is 1.64 bits per heavy atom. The Morgan fingerprint density at radius 3 is 2.39 bits per heavy atom. The Kier molecular flexibility index (Phi) is 5.26. The van der Waals surface area contributed by atoms with Crippen molar-refractivity contribution in [1.29, 1.82) is 0 Å². The maximum atomic E-state index is 13.4. The molecule has 0 aliphatic carbocycles. The van der Waals surface area contributed by atoms with Crippen molar-refractivity contribution in [1.82, 2.24) is 9.29 Å². The normalized spacial score (nSPS) is 21.2. The van der Waals surface area contributed by atoms with Gasteiger partial charge in [-0.3, -0.25) is 4.98 Å². The minimum absolute atomic E-state index is 0.188. The average molecular weight is 394 g/mol. The molecule has 4 rings (SSSR count). The van der Waals surface area contributed by atoms with Gasteiger partial charge in [0.25, 0.3) is 0 Å². The number of fused-ring (bicyclic) bond motifs is 1. The van der Waals surface area contributed by atoms with Crippen molar-refractivity contribution >= 4 is 10.0 Å². The highest BCUT2D eigenvalue weighted by Gasteiger charge is 2.43. The number of sulfonamides is 1. The first-order valence-corrected chi connectivity index (χ1v) is 10.7. The molecule has 2 aromatic carbocycles. The largest absolute Gasteiger partial charge is 0.387 e. The first kappa shape index (κ1) is 18.8. The van der Waals surface area contributed by atoms with Gasteiger partial charge in [-0.25, -0.2) is 8.42 Å². The summed E-state index contributed by atoms with van der Waals surface area (Å²) in [7, 11) is -3.71. The van der Waals surface area contributed by atoms with Crippen LogP contribution in [0.15, 0.2) is 83.9 Å². The van der Waals surface area contributed by atoms with E-state index in [9.17, 15) is 13.5 Å². The van der Waals surface area contributed by atoms with Gasteiger partial charge in [0.2, 0.25) is 10.0 Å². The number of benzene rings is 2. The standard InChI is InChI=1S/C22H22N2O3S/c25-22-19-11-4-5-12-21(19)28(26,27)24(15-13-17-8-2-1-3-9-17)20(22)16-18-10-6-7-14-23-18/h1-12,14,20,22,25H,13,15-16H2. The van der Waals surface area contributed by atoms with Crippen LogP contribution < -0.4 is 0 Å². The molecule has 5 nitrogen and oxygen atoms in total. The van der Waals surface area contributed by atoms with E-state index in [0.717, 1.165) is 11.3 Å². The van der Waals surface area contributed by atoms with Gasteiger partial charge in [-0.2, -0.15) is 4.31 Å². The van der Waals surface area contributed by atoms with Crippen molar-refractivity contribution in [2.45, 2.75) is 29.9 Å². The predicted molar refractivity (Wildman–Crippen MR) is 107 cm³/mol. The first-order valence-electron chi connectivity index (χ1n) is 9.30. The van der Waals surface area contributed by atoms with Crippen molar-refractivity contribution in [3.05, 3.63) is 95.8 Å². The van der Waals surface area contributed by atoms with E-state index >= 15 is 0 Å². The van der Waals surface area contributed by atoms with E-state index in [0.29, 0.717) is 24.9 Å². The van der Waals surface area contributed by atoms with Crippen molar-refractivity contribution in [3.8, 4) is 0 Å². The molecule has 1 aliphatic rings. The zero-order valence-corrected chi connectivity index (χ0v) is 16.2. The van der Waals surface area contributed by atoms with Gasteiger partial charge >= 0.3 is 0 Å². The van der Waals surface area contributed by atoms with Crippen molar-refractivity contribution in [2.75, 3.05) is 6.54 Å². The lowest BCUT2D eigenvalue weighted by atomic mass is 9.97. The molecule has 28 heavy (non-hydrogen) atoms. The molecular weight excluding hydrogens is 372 g/mol. The monoisotopic (exact) mass is 394 g/mol. The lowest BCUT2D eigenvalue weighted by molar-refractivity contribution is 0.0795. The van der Waals surface area contributed by atoms with Crippen molar-refractivity contribution in [2.24, 2.45) is 0 Å². The lowest BCUT2D eigenvalue weighted by Crippen LogP contribution is -2.49. The molecule has 144 valence electrons. The molecule has 3 aromatic rings. The number of hydrogen-bond acceptors (Lipinski definition) is 4. The summed E-state index contributed by atoms with van der Waals surface area (Å²) >= 11 is 0. The smallest absolute Gasteiger partial charge is 0.243 e. The van der Waals surface area contributed by atoms with Crippen molar-refractivity contribution < 1.29 is 13.5 Å². The number of aromatic nitrogens is 1. The lowest BCUT2D eigenvalue weighted by Gasteiger charge is -2.39. The third-order valence-corrected chi connectivity index (χ3v) is 7.17. The minimum atomic E-state index is -3.71. The molecule has 0 bridgehead atoms. The molecule has 6 heteroatoms. The van der Waals surface area contributed by atoms with Gasteiger partial charge < -0.3 is 5.11 Å². The predicted octanol–water partition coefficient (Wildman–Crippen LogP) is 2.97. The van der Waals surface area contributed by atoms with Gasteiger partial charge in [0.05, 0.1) is 17.0 Å². The second-order valence-corrected chi connectivity index (χ2v) is 8.79. The van der Waals surface area contributed by atoms with Crippen LogP contribution in [0.5, 0.6) is 0 Å². The number of aliphatic hydroxyl groups is 1. The summed E-state index contributed by atoms with van der Waals surface area (Å²) in [5.74, 6) is 0. The molecule has 1 aliphatic heterocycles. The zero-order valence-electron chi connectivity index (χ0n) is 15.3. The number of pyridine rings is 1. The quantitative estimate of drug-likeness (QED) is 0.722. The van der Waals surface area contributed by atoms with Crippen LogP contribution in [0, 0.1) is 0 Å². The molecule has 0 fully saturated rings. The molecule has 0 saturated heterocycles. The van der Waals surface area contributed by atoms with Gasteiger partial charge in [0.15, 0.2) is 0 Å². The Bertz CT molecular complexity index is 1040.